The summed E-state index contributed by atoms with van der Waals surface area (Å²) in [6.45, 7) is 0. The predicted octanol–water partition coefficient (Wildman–Crippen LogP) is 1.26. The highest BCUT2D eigenvalue weighted by Gasteiger charge is 2.12. The molecule has 0 atom stereocenters. The first kappa shape index (κ1) is 10.8. The normalized spacial score (nSPS) is 10.9. The van der Waals surface area contributed by atoms with Crippen LogP contribution >= 0.6 is 11.6 Å². The third-order valence-electron chi connectivity index (χ3n) is 2.59. The third-order valence-corrected chi connectivity index (χ3v) is 2.84. The van der Waals surface area contributed by atoms with Crippen molar-refractivity contribution in [3.05, 3.63) is 50.1 Å². The van der Waals surface area contributed by atoms with Crippen LogP contribution in [0.3, 0.4) is 0 Å². The smallest absolute Gasteiger partial charge is 0.290 e. The zero-order valence-electron chi connectivity index (χ0n) is 8.95. The molecule has 3 aromatic rings. The fourth-order valence-electron chi connectivity index (χ4n) is 1.78. The van der Waals surface area contributed by atoms with Gasteiger partial charge >= 0.3 is 5.69 Å². The SMILES string of the molecule is O=c1[nH]c(=O)c2c(-c3ccc(Cl)cc3)[nH]nc2[nH]1. The molecule has 0 aliphatic heterocycles. The van der Waals surface area contributed by atoms with E-state index in [-0.39, 0.29) is 5.65 Å². The van der Waals surface area contributed by atoms with Gasteiger partial charge in [0.1, 0.15) is 5.39 Å². The van der Waals surface area contributed by atoms with E-state index in [9.17, 15) is 9.59 Å². The van der Waals surface area contributed by atoms with Crippen molar-refractivity contribution in [1.82, 2.24) is 20.2 Å². The Labute approximate surface area is 105 Å². The van der Waals surface area contributed by atoms with Gasteiger partial charge in [-0.05, 0) is 12.1 Å². The highest BCUT2D eigenvalue weighted by molar-refractivity contribution is 6.30. The first-order valence-corrected chi connectivity index (χ1v) is 5.49. The summed E-state index contributed by atoms with van der Waals surface area (Å²) in [5, 5.41) is 7.56. The third kappa shape index (κ3) is 1.63. The Balaban J connectivity index is 2.34. The molecule has 0 unspecified atom stereocenters. The van der Waals surface area contributed by atoms with E-state index in [0.717, 1.165) is 5.56 Å². The van der Waals surface area contributed by atoms with Gasteiger partial charge in [-0.15, -0.1) is 0 Å². The number of H-pyrrole nitrogens is 3. The molecule has 0 bridgehead atoms. The van der Waals surface area contributed by atoms with E-state index in [1.807, 2.05) is 0 Å². The quantitative estimate of drug-likeness (QED) is 0.616. The van der Waals surface area contributed by atoms with Crippen molar-refractivity contribution in [3.63, 3.8) is 0 Å². The molecule has 0 saturated carbocycles. The molecule has 18 heavy (non-hydrogen) atoms. The van der Waals surface area contributed by atoms with Crippen molar-refractivity contribution in [3.8, 4) is 11.3 Å². The summed E-state index contributed by atoms with van der Waals surface area (Å²) in [7, 11) is 0. The first-order chi connectivity index (χ1) is 8.65. The number of nitrogens with one attached hydrogen (secondary N) is 3. The second kappa shape index (κ2) is 3.85. The number of fused-ring (bicyclic) bond motifs is 1. The molecule has 0 fully saturated rings. The zero-order valence-corrected chi connectivity index (χ0v) is 9.71. The van der Waals surface area contributed by atoms with Crippen molar-refractivity contribution >= 4 is 22.6 Å². The number of aromatic nitrogens is 4. The lowest BCUT2D eigenvalue weighted by Gasteiger charge is -1.97. The van der Waals surface area contributed by atoms with Gasteiger partial charge in [-0.2, -0.15) is 5.10 Å². The van der Waals surface area contributed by atoms with Crippen molar-refractivity contribution in [2.45, 2.75) is 0 Å². The van der Waals surface area contributed by atoms with Crippen LogP contribution in [0.4, 0.5) is 0 Å². The molecule has 0 amide bonds. The Morgan fingerprint density at radius 1 is 1.06 bits per heavy atom. The Bertz CT molecular complexity index is 829. The van der Waals surface area contributed by atoms with Gasteiger partial charge in [0.2, 0.25) is 0 Å². The lowest BCUT2D eigenvalue weighted by atomic mass is 10.1. The zero-order chi connectivity index (χ0) is 12.7. The molecule has 2 heterocycles. The van der Waals surface area contributed by atoms with Crippen molar-refractivity contribution in [2.24, 2.45) is 0 Å². The van der Waals surface area contributed by atoms with E-state index < -0.39 is 11.2 Å². The van der Waals surface area contributed by atoms with Gasteiger partial charge in [-0.25, -0.2) is 4.79 Å². The van der Waals surface area contributed by atoms with Gasteiger partial charge in [0.25, 0.3) is 5.56 Å². The summed E-state index contributed by atoms with van der Waals surface area (Å²) in [4.78, 5) is 27.5. The van der Waals surface area contributed by atoms with E-state index in [1.165, 1.54) is 0 Å². The minimum atomic E-state index is -0.582. The molecule has 6 nitrogen and oxygen atoms in total. The predicted molar refractivity (Wildman–Crippen MR) is 67.8 cm³/mol. The summed E-state index contributed by atoms with van der Waals surface area (Å²) in [5.41, 5.74) is 0.474. The van der Waals surface area contributed by atoms with Crippen LogP contribution in [0.2, 0.25) is 5.02 Å². The van der Waals surface area contributed by atoms with Crippen LogP contribution in [-0.2, 0) is 0 Å². The molecule has 0 saturated heterocycles. The lowest BCUT2D eigenvalue weighted by Crippen LogP contribution is -2.21. The Kier molecular flexibility index (Phi) is 2.31. The molecule has 0 radical (unpaired) electrons. The fourth-order valence-corrected chi connectivity index (χ4v) is 1.91. The largest absolute Gasteiger partial charge is 0.327 e. The highest BCUT2D eigenvalue weighted by atomic mass is 35.5. The molecule has 0 aliphatic carbocycles. The maximum atomic E-state index is 11.8. The van der Waals surface area contributed by atoms with Gasteiger partial charge < -0.3 is 0 Å². The second-order valence-electron chi connectivity index (χ2n) is 3.74. The Morgan fingerprint density at radius 3 is 2.50 bits per heavy atom. The number of benzene rings is 1. The minimum absolute atomic E-state index is 0.230. The molecule has 1 aromatic carbocycles. The van der Waals surface area contributed by atoms with Gasteiger partial charge in [0, 0.05) is 10.6 Å². The van der Waals surface area contributed by atoms with Crippen LogP contribution in [0.15, 0.2) is 33.9 Å². The van der Waals surface area contributed by atoms with Crippen LogP contribution in [0.1, 0.15) is 0 Å². The molecule has 0 aliphatic rings. The van der Waals surface area contributed by atoms with Crippen LogP contribution in [0, 0.1) is 0 Å². The summed E-state index contributed by atoms with van der Waals surface area (Å²) >= 11 is 5.80. The molecular formula is C11H7ClN4O2. The Hall–Kier alpha value is -2.34. The fraction of sp³-hybridized carbons (Fsp3) is 0. The van der Waals surface area contributed by atoms with E-state index >= 15 is 0 Å². The molecule has 3 rings (SSSR count). The van der Waals surface area contributed by atoms with Gasteiger partial charge in [0.15, 0.2) is 5.65 Å². The second-order valence-corrected chi connectivity index (χ2v) is 4.17. The van der Waals surface area contributed by atoms with Gasteiger partial charge in [0.05, 0.1) is 5.69 Å². The van der Waals surface area contributed by atoms with Crippen LogP contribution < -0.4 is 11.2 Å². The molecule has 90 valence electrons. The van der Waals surface area contributed by atoms with E-state index in [0.29, 0.717) is 16.1 Å². The molecular weight excluding hydrogens is 256 g/mol. The monoisotopic (exact) mass is 262 g/mol. The van der Waals surface area contributed by atoms with E-state index in [2.05, 4.69) is 20.2 Å². The van der Waals surface area contributed by atoms with Gasteiger partial charge in [-0.3, -0.25) is 19.9 Å². The summed E-state index contributed by atoms with van der Waals surface area (Å²) in [6.07, 6.45) is 0. The number of aromatic amines is 3. The van der Waals surface area contributed by atoms with Crippen LogP contribution in [0.25, 0.3) is 22.3 Å². The van der Waals surface area contributed by atoms with E-state index in [1.54, 1.807) is 24.3 Å². The molecule has 3 N–H and O–H groups in total. The maximum absolute atomic E-state index is 11.8. The number of hydrogen-bond donors (Lipinski definition) is 3. The minimum Gasteiger partial charge on any atom is -0.290 e. The number of halogens is 1. The molecule has 2 aromatic heterocycles. The topological polar surface area (TPSA) is 94.4 Å². The standard InChI is InChI=1S/C11H7ClN4O2/c12-6-3-1-5(2-4-6)8-7-9(16-15-8)13-11(18)14-10(7)17/h1-4H,(H3,13,14,15,16,17,18). The summed E-state index contributed by atoms with van der Waals surface area (Å²) < 4.78 is 0. The van der Waals surface area contributed by atoms with E-state index in [4.69, 9.17) is 11.6 Å². The summed E-state index contributed by atoms with van der Waals surface area (Å²) in [5.74, 6) is 0. The Morgan fingerprint density at radius 2 is 1.78 bits per heavy atom. The van der Waals surface area contributed by atoms with Crippen LogP contribution in [0.5, 0.6) is 0 Å². The highest BCUT2D eigenvalue weighted by Crippen LogP contribution is 2.23. The maximum Gasteiger partial charge on any atom is 0.327 e. The summed E-state index contributed by atoms with van der Waals surface area (Å²) in [6, 6.07) is 6.95. The number of nitrogens with zero attached hydrogens (tertiary/aromatic N) is 1. The lowest BCUT2D eigenvalue weighted by molar-refractivity contribution is 1.05. The average Bonchev–Trinajstić information content (AvgIpc) is 2.74. The van der Waals surface area contributed by atoms with Crippen molar-refractivity contribution in [1.29, 1.82) is 0 Å². The van der Waals surface area contributed by atoms with Crippen LogP contribution in [-0.4, -0.2) is 20.2 Å². The van der Waals surface area contributed by atoms with Gasteiger partial charge in [-0.1, -0.05) is 23.7 Å². The first-order valence-electron chi connectivity index (χ1n) is 5.12. The molecule has 7 heteroatoms. The average molecular weight is 263 g/mol. The number of rotatable bonds is 1. The molecule has 0 spiro atoms. The van der Waals surface area contributed by atoms with Crippen molar-refractivity contribution < 1.29 is 0 Å². The number of hydrogen-bond acceptors (Lipinski definition) is 3. The van der Waals surface area contributed by atoms with Crippen molar-refractivity contribution in [2.75, 3.05) is 0 Å².